The fraction of sp³-hybridized carbons (Fsp3) is 0.368. The zero-order chi connectivity index (χ0) is 16.4. The lowest BCUT2D eigenvalue weighted by atomic mass is 10.0. The van der Waals surface area contributed by atoms with Crippen molar-refractivity contribution in [2.24, 2.45) is 5.92 Å². The first-order valence-electron chi connectivity index (χ1n) is 7.81. The third-order valence-corrected chi connectivity index (χ3v) is 4.48. The Hall–Kier alpha value is -1.71. The normalized spacial score (nSPS) is 19.7. The summed E-state index contributed by atoms with van der Waals surface area (Å²) in [6.07, 6.45) is 0.993. The van der Waals surface area contributed by atoms with Crippen molar-refractivity contribution in [3.63, 3.8) is 0 Å². The van der Waals surface area contributed by atoms with Gasteiger partial charge in [-0.1, -0.05) is 29.8 Å². The molecule has 0 N–H and O–H groups in total. The predicted octanol–water partition coefficient (Wildman–Crippen LogP) is 4.20. The molecule has 0 unspecified atom stereocenters. The number of methoxy groups -OCH3 is 1. The maximum Gasteiger partial charge on any atom is 0.162 e. The summed E-state index contributed by atoms with van der Waals surface area (Å²) in [4.78, 5) is 2.21. The van der Waals surface area contributed by atoms with E-state index in [1.165, 1.54) is 11.1 Å². The van der Waals surface area contributed by atoms with Gasteiger partial charge in [-0.2, -0.15) is 0 Å². The van der Waals surface area contributed by atoms with Crippen LogP contribution in [0.2, 0.25) is 5.02 Å². The van der Waals surface area contributed by atoms with E-state index >= 15 is 0 Å². The van der Waals surface area contributed by atoms with Gasteiger partial charge in [0.2, 0.25) is 0 Å². The van der Waals surface area contributed by atoms with Gasteiger partial charge in [0.05, 0.1) is 7.11 Å². The summed E-state index contributed by atoms with van der Waals surface area (Å²) in [6.45, 7) is 0.964. The average Bonchev–Trinajstić information content (AvgIpc) is 2.84. The van der Waals surface area contributed by atoms with Crippen molar-refractivity contribution in [3.05, 3.63) is 58.6 Å². The van der Waals surface area contributed by atoms with Crippen LogP contribution in [-0.2, 0) is 6.42 Å². The van der Waals surface area contributed by atoms with Crippen LogP contribution in [0, 0.1) is 5.92 Å². The molecule has 2 atom stereocenters. The number of ether oxygens (including phenoxy) is 2. The molecule has 0 aromatic heterocycles. The number of hydrogen-bond donors (Lipinski definition) is 0. The molecule has 1 aliphatic carbocycles. The van der Waals surface area contributed by atoms with Crippen molar-refractivity contribution < 1.29 is 9.47 Å². The van der Waals surface area contributed by atoms with Gasteiger partial charge < -0.3 is 14.4 Å². The highest BCUT2D eigenvalue weighted by atomic mass is 35.5. The van der Waals surface area contributed by atoms with E-state index < -0.39 is 0 Å². The van der Waals surface area contributed by atoms with Crippen LogP contribution in [0.25, 0.3) is 0 Å². The maximum atomic E-state index is 6.38. The zero-order valence-corrected chi connectivity index (χ0v) is 14.5. The molecule has 122 valence electrons. The SMILES string of the molecule is COc1ccccc1O[C@@H]1c2cc(Cl)ccc2C[C@@H]1CN(C)C. The summed E-state index contributed by atoms with van der Waals surface area (Å²) in [7, 11) is 5.85. The summed E-state index contributed by atoms with van der Waals surface area (Å²) >= 11 is 6.21. The summed E-state index contributed by atoms with van der Waals surface area (Å²) in [5.74, 6) is 1.92. The minimum Gasteiger partial charge on any atom is -0.493 e. The first-order chi connectivity index (χ1) is 11.1. The average molecular weight is 332 g/mol. The van der Waals surface area contributed by atoms with Crippen LogP contribution >= 0.6 is 11.6 Å². The minimum atomic E-state index is -0.0117. The highest BCUT2D eigenvalue weighted by molar-refractivity contribution is 6.30. The molecule has 0 saturated carbocycles. The summed E-state index contributed by atoms with van der Waals surface area (Å²) in [5, 5.41) is 0.753. The molecule has 23 heavy (non-hydrogen) atoms. The van der Waals surface area contributed by atoms with Crippen LogP contribution in [0.15, 0.2) is 42.5 Å². The lowest BCUT2D eigenvalue weighted by Crippen LogP contribution is -2.27. The second-order valence-corrected chi connectivity index (χ2v) is 6.70. The van der Waals surface area contributed by atoms with Crippen LogP contribution in [-0.4, -0.2) is 32.6 Å². The quantitative estimate of drug-likeness (QED) is 0.819. The number of halogens is 1. The topological polar surface area (TPSA) is 21.7 Å². The van der Waals surface area contributed by atoms with Gasteiger partial charge in [0, 0.05) is 17.5 Å². The van der Waals surface area contributed by atoms with Gasteiger partial charge in [-0.15, -0.1) is 0 Å². The third-order valence-electron chi connectivity index (χ3n) is 4.25. The molecule has 1 aliphatic rings. The Labute approximate surface area is 142 Å². The first-order valence-corrected chi connectivity index (χ1v) is 8.19. The molecule has 0 amide bonds. The zero-order valence-electron chi connectivity index (χ0n) is 13.8. The van der Waals surface area contributed by atoms with Crippen LogP contribution in [0.3, 0.4) is 0 Å². The van der Waals surface area contributed by atoms with E-state index in [1.54, 1.807) is 7.11 Å². The molecule has 2 aromatic carbocycles. The van der Waals surface area contributed by atoms with Crippen molar-refractivity contribution in [3.8, 4) is 11.5 Å². The lowest BCUT2D eigenvalue weighted by Gasteiger charge is -2.25. The smallest absolute Gasteiger partial charge is 0.162 e. The molecule has 0 saturated heterocycles. The molecule has 3 nitrogen and oxygen atoms in total. The van der Waals surface area contributed by atoms with Crippen molar-refractivity contribution in [2.75, 3.05) is 27.7 Å². The van der Waals surface area contributed by atoms with Crippen molar-refractivity contribution in [1.29, 1.82) is 0 Å². The van der Waals surface area contributed by atoms with E-state index in [0.717, 1.165) is 29.5 Å². The number of fused-ring (bicyclic) bond motifs is 1. The Balaban J connectivity index is 1.94. The van der Waals surface area contributed by atoms with Crippen molar-refractivity contribution in [2.45, 2.75) is 12.5 Å². The van der Waals surface area contributed by atoms with E-state index in [0.29, 0.717) is 5.92 Å². The first kappa shape index (κ1) is 16.2. The monoisotopic (exact) mass is 331 g/mol. The molecule has 0 aliphatic heterocycles. The predicted molar refractivity (Wildman–Crippen MR) is 93.6 cm³/mol. The second-order valence-electron chi connectivity index (χ2n) is 6.26. The Morgan fingerprint density at radius 3 is 2.57 bits per heavy atom. The molecule has 0 heterocycles. The molecule has 0 radical (unpaired) electrons. The van der Waals surface area contributed by atoms with Gasteiger partial charge in [-0.05, 0) is 55.9 Å². The molecule has 0 fully saturated rings. The van der Waals surface area contributed by atoms with E-state index in [2.05, 4.69) is 25.1 Å². The van der Waals surface area contributed by atoms with Crippen molar-refractivity contribution in [1.82, 2.24) is 4.90 Å². The Bertz CT molecular complexity index is 687. The molecule has 4 heteroatoms. The summed E-state index contributed by atoms with van der Waals surface area (Å²) in [5.41, 5.74) is 2.51. The number of benzene rings is 2. The van der Waals surface area contributed by atoms with Gasteiger partial charge in [0.25, 0.3) is 0 Å². The molecule has 2 aromatic rings. The number of para-hydroxylation sites is 2. The third kappa shape index (κ3) is 3.46. The van der Waals surface area contributed by atoms with Gasteiger partial charge in [-0.25, -0.2) is 0 Å². The van der Waals surface area contributed by atoms with Gasteiger partial charge in [0.15, 0.2) is 11.5 Å². The fourth-order valence-corrected chi connectivity index (χ4v) is 3.48. The van der Waals surface area contributed by atoms with Crippen LogP contribution in [0.4, 0.5) is 0 Å². The van der Waals surface area contributed by atoms with Gasteiger partial charge in [0.1, 0.15) is 6.10 Å². The maximum absolute atomic E-state index is 6.38. The van der Waals surface area contributed by atoms with Crippen LogP contribution in [0.1, 0.15) is 17.2 Å². The molecule has 0 bridgehead atoms. The highest BCUT2D eigenvalue weighted by Crippen LogP contribution is 2.42. The summed E-state index contributed by atoms with van der Waals surface area (Å²) < 4.78 is 11.8. The Morgan fingerprint density at radius 1 is 1.13 bits per heavy atom. The Morgan fingerprint density at radius 2 is 1.87 bits per heavy atom. The molecule has 0 spiro atoms. The number of hydrogen-bond acceptors (Lipinski definition) is 3. The number of rotatable bonds is 5. The van der Waals surface area contributed by atoms with Crippen LogP contribution < -0.4 is 9.47 Å². The van der Waals surface area contributed by atoms with Crippen LogP contribution in [0.5, 0.6) is 11.5 Å². The minimum absolute atomic E-state index is 0.0117. The van der Waals surface area contributed by atoms with E-state index in [1.807, 2.05) is 36.4 Å². The molecule has 3 rings (SSSR count). The van der Waals surface area contributed by atoms with Gasteiger partial charge in [-0.3, -0.25) is 0 Å². The summed E-state index contributed by atoms with van der Waals surface area (Å²) in [6, 6.07) is 13.9. The van der Waals surface area contributed by atoms with Crippen molar-refractivity contribution >= 4 is 11.6 Å². The van der Waals surface area contributed by atoms with E-state index in [-0.39, 0.29) is 6.10 Å². The standard InChI is InChI=1S/C19H22ClNO2/c1-21(2)12-14-10-13-8-9-15(20)11-16(13)19(14)23-18-7-5-4-6-17(18)22-3/h4-9,11,14,19H,10,12H2,1-3H3/t14-,19+/m1/s1. The van der Waals surface area contributed by atoms with E-state index in [4.69, 9.17) is 21.1 Å². The molecular formula is C19H22ClNO2. The Kier molecular flexibility index (Phi) is 4.79. The van der Waals surface area contributed by atoms with E-state index in [9.17, 15) is 0 Å². The second kappa shape index (κ2) is 6.81. The highest BCUT2D eigenvalue weighted by Gasteiger charge is 2.35. The number of nitrogens with zero attached hydrogens (tertiary/aromatic N) is 1. The molecular weight excluding hydrogens is 310 g/mol. The van der Waals surface area contributed by atoms with Gasteiger partial charge >= 0.3 is 0 Å². The lowest BCUT2D eigenvalue weighted by molar-refractivity contribution is 0.124. The fourth-order valence-electron chi connectivity index (χ4n) is 3.30. The largest absolute Gasteiger partial charge is 0.493 e.